The number of imidazole rings is 1. The summed E-state index contributed by atoms with van der Waals surface area (Å²) in [6, 6.07) is 7.93. The molecule has 1 aromatic heterocycles. The fraction of sp³-hybridized carbons (Fsp3) is 0.353. The Morgan fingerprint density at radius 2 is 2.05 bits per heavy atom. The van der Waals surface area contributed by atoms with E-state index in [-0.39, 0.29) is 5.92 Å². The van der Waals surface area contributed by atoms with E-state index < -0.39 is 0 Å². The van der Waals surface area contributed by atoms with E-state index >= 15 is 0 Å². The van der Waals surface area contributed by atoms with Gasteiger partial charge in [0.05, 0.1) is 26.2 Å². The van der Waals surface area contributed by atoms with Gasteiger partial charge in [0.15, 0.2) is 0 Å². The van der Waals surface area contributed by atoms with Crippen LogP contribution in [0.2, 0.25) is 0 Å². The summed E-state index contributed by atoms with van der Waals surface area (Å²) in [5, 5.41) is 0. The monoisotopic (exact) mass is 286 g/mol. The van der Waals surface area contributed by atoms with Gasteiger partial charge in [-0.05, 0) is 24.6 Å². The summed E-state index contributed by atoms with van der Waals surface area (Å²) in [6.45, 7) is 3.21. The zero-order chi connectivity index (χ0) is 15.1. The first-order valence-corrected chi connectivity index (χ1v) is 7.05. The highest BCUT2D eigenvalue weighted by atomic mass is 16.5. The van der Waals surface area contributed by atoms with Crippen molar-refractivity contribution in [2.75, 3.05) is 13.7 Å². The maximum Gasteiger partial charge on any atom is 0.118 e. The van der Waals surface area contributed by atoms with Crippen molar-refractivity contribution in [2.45, 2.75) is 19.4 Å². The van der Waals surface area contributed by atoms with Crippen molar-refractivity contribution in [3.05, 3.63) is 60.2 Å². The second kappa shape index (κ2) is 7.64. The highest BCUT2D eigenvalue weighted by molar-refractivity contribution is 5.26. The second-order valence-corrected chi connectivity index (χ2v) is 4.89. The Morgan fingerprint density at radius 1 is 1.29 bits per heavy atom. The van der Waals surface area contributed by atoms with Gasteiger partial charge >= 0.3 is 0 Å². The normalized spacial score (nSPS) is 12.7. The molecule has 1 heterocycles. The molecule has 2 aromatic rings. The van der Waals surface area contributed by atoms with Gasteiger partial charge in [-0.1, -0.05) is 24.3 Å². The minimum atomic E-state index is 0.174. The molecule has 0 aliphatic heterocycles. The van der Waals surface area contributed by atoms with E-state index in [2.05, 4.69) is 11.1 Å². The number of aryl methyl sites for hydroxylation is 1. The number of aromatic nitrogens is 2. The molecule has 4 heteroatoms. The molecule has 0 fully saturated rings. The average Bonchev–Trinajstić information content (AvgIpc) is 2.93. The quantitative estimate of drug-likeness (QED) is 0.733. The van der Waals surface area contributed by atoms with E-state index in [9.17, 15) is 0 Å². The Labute approximate surface area is 126 Å². The van der Waals surface area contributed by atoms with Crippen LogP contribution < -0.4 is 4.74 Å². The maximum absolute atomic E-state index is 5.84. The number of allylic oxidation sites excluding steroid dienone is 1. The van der Waals surface area contributed by atoms with Crippen LogP contribution in [0.1, 0.15) is 24.2 Å². The molecule has 0 saturated carbocycles. The van der Waals surface area contributed by atoms with Crippen molar-refractivity contribution in [1.82, 2.24) is 9.55 Å². The lowest BCUT2D eigenvalue weighted by molar-refractivity contribution is 0.113. The third-order valence-corrected chi connectivity index (χ3v) is 3.34. The fourth-order valence-corrected chi connectivity index (χ4v) is 2.21. The maximum atomic E-state index is 5.84. The van der Waals surface area contributed by atoms with Crippen LogP contribution in [0.25, 0.3) is 0 Å². The van der Waals surface area contributed by atoms with Crippen LogP contribution in [-0.4, -0.2) is 23.3 Å². The zero-order valence-corrected chi connectivity index (χ0v) is 12.8. The van der Waals surface area contributed by atoms with E-state index in [1.165, 1.54) is 0 Å². The van der Waals surface area contributed by atoms with Crippen molar-refractivity contribution < 1.29 is 9.47 Å². The third-order valence-electron chi connectivity index (χ3n) is 3.34. The van der Waals surface area contributed by atoms with Crippen LogP contribution >= 0.6 is 0 Å². The number of hydrogen-bond acceptors (Lipinski definition) is 3. The predicted octanol–water partition coefficient (Wildman–Crippen LogP) is 3.31. The van der Waals surface area contributed by atoms with Gasteiger partial charge in [0, 0.05) is 19.4 Å². The second-order valence-electron chi connectivity index (χ2n) is 4.89. The molecule has 0 amide bonds. The molecule has 1 atom stereocenters. The third kappa shape index (κ3) is 4.20. The van der Waals surface area contributed by atoms with E-state index in [1.54, 1.807) is 7.11 Å². The number of benzene rings is 1. The van der Waals surface area contributed by atoms with Gasteiger partial charge in [0.2, 0.25) is 0 Å². The number of nitrogens with zero attached hydrogens (tertiary/aromatic N) is 2. The molecular formula is C17H22N2O2. The van der Waals surface area contributed by atoms with E-state index in [1.807, 2.05) is 61.3 Å². The molecule has 0 saturated heterocycles. The predicted molar refractivity (Wildman–Crippen MR) is 83.4 cm³/mol. The SMILES string of the molecule is C/C=C/[C@H](COCc1ccc(OC)cc1)c1nccn1C. The number of rotatable bonds is 7. The van der Waals surface area contributed by atoms with Gasteiger partial charge in [-0.3, -0.25) is 0 Å². The first kappa shape index (κ1) is 15.3. The Kier molecular flexibility index (Phi) is 5.58. The molecular weight excluding hydrogens is 264 g/mol. The van der Waals surface area contributed by atoms with Crippen molar-refractivity contribution in [3.8, 4) is 5.75 Å². The summed E-state index contributed by atoms with van der Waals surface area (Å²) in [5.41, 5.74) is 1.13. The van der Waals surface area contributed by atoms with Gasteiger partial charge in [-0.15, -0.1) is 0 Å². The first-order chi connectivity index (χ1) is 10.2. The van der Waals surface area contributed by atoms with Crippen molar-refractivity contribution in [2.24, 2.45) is 7.05 Å². The highest BCUT2D eigenvalue weighted by Gasteiger charge is 2.12. The molecule has 112 valence electrons. The van der Waals surface area contributed by atoms with Crippen molar-refractivity contribution in [3.63, 3.8) is 0 Å². The largest absolute Gasteiger partial charge is 0.497 e. The van der Waals surface area contributed by atoms with Crippen molar-refractivity contribution >= 4 is 0 Å². The molecule has 0 aliphatic rings. The summed E-state index contributed by atoms with van der Waals surface area (Å²) in [6.07, 6.45) is 7.93. The fourth-order valence-electron chi connectivity index (χ4n) is 2.21. The Bertz CT molecular complexity index is 573. The smallest absolute Gasteiger partial charge is 0.118 e. The molecule has 0 unspecified atom stereocenters. The number of methoxy groups -OCH3 is 1. The number of hydrogen-bond donors (Lipinski definition) is 0. The lowest BCUT2D eigenvalue weighted by Crippen LogP contribution is -2.11. The molecule has 0 aliphatic carbocycles. The van der Waals surface area contributed by atoms with E-state index in [0.717, 1.165) is 17.1 Å². The molecule has 1 aromatic carbocycles. The van der Waals surface area contributed by atoms with Gasteiger partial charge in [0.1, 0.15) is 11.6 Å². The van der Waals surface area contributed by atoms with Gasteiger partial charge < -0.3 is 14.0 Å². The molecule has 0 radical (unpaired) electrons. The Balaban J connectivity index is 1.91. The van der Waals surface area contributed by atoms with E-state index in [4.69, 9.17) is 9.47 Å². The highest BCUT2D eigenvalue weighted by Crippen LogP contribution is 2.17. The topological polar surface area (TPSA) is 36.3 Å². The van der Waals surface area contributed by atoms with Gasteiger partial charge in [-0.25, -0.2) is 4.98 Å². The van der Waals surface area contributed by atoms with Crippen LogP contribution in [-0.2, 0) is 18.4 Å². The van der Waals surface area contributed by atoms with Crippen LogP contribution in [0.4, 0.5) is 0 Å². The minimum Gasteiger partial charge on any atom is -0.497 e. The molecule has 4 nitrogen and oxygen atoms in total. The van der Waals surface area contributed by atoms with E-state index in [0.29, 0.717) is 13.2 Å². The molecule has 0 bridgehead atoms. The first-order valence-electron chi connectivity index (χ1n) is 7.05. The summed E-state index contributed by atoms with van der Waals surface area (Å²) in [7, 11) is 3.67. The Hall–Kier alpha value is -2.07. The van der Waals surface area contributed by atoms with Gasteiger partial charge in [0.25, 0.3) is 0 Å². The average molecular weight is 286 g/mol. The summed E-state index contributed by atoms with van der Waals surface area (Å²) >= 11 is 0. The summed E-state index contributed by atoms with van der Waals surface area (Å²) in [5.74, 6) is 2.05. The molecule has 0 N–H and O–H groups in total. The van der Waals surface area contributed by atoms with Crippen LogP contribution in [0.3, 0.4) is 0 Å². The number of ether oxygens (including phenoxy) is 2. The van der Waals surface area contributed by atoms with Crippen LogP contribution in [0.15, 0.2) is 48.8 Å². The molecule has 0 spiro atoms. The molecule has 21 heavy (non-hydrogen) atoms. The van der Waals surface area contributed by atoms with Crippen LogP contribution in [0.5, 0.6) is 5.75 Å². The summed E-state index contributed by atoms with van der Waals surface area (Å²) in [4.78, 5) is 4.40. The standard InChI is InChI=1S/C17H22N2O2/c1-4-5-15(17-18-10-11-19(17)2)13-21-12-14-6-8-16(20-3)9-7-14/h4-11,15H,12-13H2,1-3H3/b5-4+/t15-/m1/s1. The van der Waals surface area contributed by atoms with Crippen molar-refractivity contribution in [1.29, 1.82) is 0 Å². The van der Waals surface area contributed by atoms with Gasteiger partial charge in [-0.2, -0.15) is 0 Å². The summed E-state index contributed by atoms with van der Waals surface area (Å²) < 4.78 is 13.0. The lowest BCUT2D eigenvalue weighted by Gasteiger charge is -2.13. The minimum absolute atomic E-state index is 0.174. The zero-order valence-electron chi connectivity index (χ0n) is 12.8. The lowest BCUT2D eigenvalue weighted by atomic mass is 10.1. The molecule has 2 rings (SSSR count). The Morgan fingerprint density at radius 3 is 2.62 bits per heavy atom. The van der Waals surface area contributed by atoms with Crippen LogP contribution in [0, 0.1) is 0 Å².